The largest absolute Gasteiger partial charge is 0.511 e. The first-order valence-electron chi connectivity index (χ1n) is 10.3. The van der Waals surface area contributed by atoms with E-state index in [-0.39, 0.29) is 24.4 Å². The van der Waals surface area contributed by atoms with Gasteiger partial charge in [0.05, 0.1) is 6.54 Å². The van der Waals surface area contributed by atoms with Crippen molar-refractivity contribution in [2.45, 2.75) is 76.3 Å². The van der Waals surface area contributed by atoms with Crippen molar-refractivity contribution in [1.29, 1.82) is 0 Å². The van der Waals surface area contributed by atoms with Gasteiger partial charge < -0.3 is 10.4 Å². The fourth-order valence-electron chi connectivity index (χ4n) is 4.52. The molecule has 9 nitrogen and oxygen atoms in total. The second kappa shape index (κ2) is 9.19. The lowest BCUT2D eigenvalue weighted by molar-refractivity contribution is 0.0949. The Labute approximate surface area is 168 Å². The number of carbonyl (C=O) groups is 1. The van der Waals surface area contributed by atoms with Crippen LogP contribution in [0, 0.1) is 4.91 Å². The number of aromatic nitrogens is 2. The van der Waals surface area contributed by atoms with Crippen molar-refractivity contribution in [2.24, 2.45) is 5.18 Å². The summed E-state index contributed by atoms with van der Waals surface area (Å²) >= 11 is 0. The summed E-state index contributed by atoms with van der Waals surface area (Å²) in [6.07, 6.45) is 8.46. The van der Waals surface area contributed by atoms with E-state index in [0.29, 0.717) is 25.7 Å². The van der Waals surface area contributed by atoms with Crippen molar-refractivity contribution in [3.8, 4) is 0 Å². The molecule has 0 spiro atoms. The van der Waals surface area contributed by atoms with Gasteiger partial charge in [0.2, 0.25) is 0 Å². The van der Waals surface area contributed by atoms with E-state index in [1.54, 1.807) is 0 Å². The van der Waals surface area contributed by atoms with Gasteiger partial charge >= 0.3 is 5.69 Å². The maximum atomic E-state index is 13.4. The summed E-state index contributed by atoms with van der Waals surface area (Å²) in [7, 11) is 0. The van der Waals surface area contributed by atoms with E-state index in [0.717, 1.165) is 43.1 Å². The van der Waals surface area contributed by atoms with Crippen molar-refractivity contribution in [3.63, 3.8) is 0 Å². The van der Waals surface area contributed by atoms with Crippen LogP contribution in [0.5, 0.6) is 0 Å². The van der Waals surface area contributed by atoms with Gasteiger partial charge in [0.15, 0.2) is 11.4 Å². The topological polar surface area (TPSA) is 123 Å². The van der Waals surface area contributed by atoms with Gasteiger partial charge in [-0.1, -0.05) is 45.1 Å². The Morgan fingerprint density at radius 2 is 1.52 bits per heavy atom. The standard InChI is InChI=1S/C20H28N4O5/c1-13(25)12-21-18(26)16-17(22-29)23(14-8-4-2-5-9-14)20(28)24(19(16)27)15-10-6-3-7-11-15/h14-15,25H,1-12H2,(H,21,26). The Kier molecular flexibility index (Phi) is 6.66. The fraction of sp³-hybridized carbons (Fsp3) is 0.650. The van der Waals surface area contributed by atoms with Crippen molar-refractivity contribution < 1.29 is 9.90 Å². The minimum atomic E-state index is -0.839. The zero-order valence-corrected chi connectivity index (χ0v) is 16.6. The van der Waals surface area contributed by atoms with Crippen LogP contribution >= 0.6 is 0 Å². The highest BCUT2D eigenvalue weighted by molar-refractivity contribution is 5.98. The molecule has 0 aliphatic heterocycles. The number of nitrogens with one attached hydrogen (secondary N) is 1. The van der Waals surface area contributed by atoms with E-state index >= 15 is 0 Å². The van der Waals surface area contributed by atoms with Crippen LogP contribution in [0.25, 0.3) is 0 Å². The van der Waals surface area contributed by atoms with Crippen LogP contribution in [0.15, 0.2) is 27.1 Å². The summed E-state index contributed by atoms with van der Waals surface area (Å²) in [5.74, 6) is -1.54. The van der Waals surface area contributed by atoms with Crippen LogP contribution in [0.2, 0.25) is 0 Å². The predicted octanol–water partition coefficient (Wildman–Crippen LogP) is 3.22. The van der Waals surface area contributed by atoms with Crippen molar-refractivity contribution in [2.75, 3.05) is 6.54 Å². The molecular weight excluding hydrogens is 376 g/mol. The van der Waals surface area contributed by atoms with Crippen LogP contribution in [0.1, 0.15) is 86.6 Å². The smallest absolute Gasteiger partial charge is 0.333 e. The molecule has 2 aliphatic carbocycles. The average Bonchev–Trinajstić information content (AvgIpc) is 2.73. The molecule has 0 aromatic carbocycles. The molecule has 0 unspecified atom stereocenters. The summed E-state index contributed by atoms with van der Waals surface area (Å²) in [6, 6.07) is -0.558. The van der Waals surface area contributed by atoms with Gasteiger partial charge in [-0.25, -0.2) is 4.79 Å². The number of aliphatic hydroxyl groups excluding tert-OH is 1. The minimum Gasteiger partial charge on any atom is -0.511 e. The molecule has 1 aromatic heterocycles. The Bertz CT molecular complexity index is 905. The van der Waals surface area contributed by atoms with Crippen LogP contribution in [-0.4, -0.2) is 26.7 Å². The average molecular weight is 404 g/mol. The number of amides is 1. The van der Waals surface area contributed by atoms with E-state index in [4.69, 9.17) is 0 Å². The van der Waals surface area contributed by atoms with Crippen molar-refractivity contribution in [1.82, 2.24) is 14.5 Å². The van der Waals surface area contributed by atoms with E-state index < -0.39 is 28.5 Å². The lowest BCUT2D eigenvalue weighted by Gasteiger charge is -2.29. The Morgan fingerprint density at radius 3 is 2.00 bits per heavy atom. The molecule has 1 heterocycles. The Balaban J connectivity index is 2.20. The lowest BCUT2D eigenvalue weighted by Crippen LogP contribution is -2.47. The lowest BCUT2D eigenvalue weighted by atomic mass is 9.94. The first-order valence-corrected chi connectivity index (χ1v) is 10.3. The SMILES string of the molecule is C=C(O)CNC(=O)c1c(N=O)n(C2CCCCC2)c(=O)n(C2CCCCC2)c1=O. The number of hydrogen-bond acceptors (Lipinski definition) is 6. The highest BCUT2D eigenvalue weighted by atomic mass is 16.3. The van der Waals surface area contributed by atoms with Gasteiger partial charge in [-0.3, -0.25) is 18.7 Å². The third-order valence-electron chi connectivity index (χ3n) is 5.94. The van der Waals surface area contributed by atoms with Crippen molar-refractivity contribution >= 4 is 11.7 Å². The first kappa shape index (κ1) is 21.0. The number of nitroso groups, excluding NO2 is 1. The maximum absolute atomic E-state index is 13.4. The molecule has 2 saturated carbocycles. The summed E-state index contributed by atoms with van der Waals surface area (Å²) in [4.78, 5) is 51.0. The highest BCUT2D eigenvalue weighted by Crippen LogP contribution is 2.32. The summed E-state index contributed by atoms with van der Waals surface area (Å²) in [5, 5.41) is 14.6. The molecular formula is C20H28N4O5. The molecule has 0 radical (unpaired) electrons. The zero-order chi connectivity index (χ0) is 21.0. The van der Waals surface area contributed by atoms with Gasteiger partial charge in [-0.05, 0) is 30.9 Å². The molecule has 2 aliphatic rings. The Morgan fingerprint density at radius 1 is 1.00 bits per heavy atom. The van der Waals surface area contributed by atoms with Crippen LogP contribution < -0.4 is 16.6 Å². The third-order valence-corrected chi connectivity index (χ3v) is 5.94. The normalized spacial score (nSPS) is 18.3. The van der Waals surface area contributed by atoms with E-state index in [1.807, 2.05) is 0 Å². The molecule has 0 bridgehead atoms. The van der Waals surface area contributed by atoms with Gasteiger partial charge in [-0.2, -0.15) is 0 Å². The molecule has 0 saturated heterocycles. The molecule has 2 fully saturated rings. The molecule has 1 aromatic rings. The van der Waals surface area contributed by atoms with E-state index in [1.165, 1.54) is 4.57 Å². The minimum absolute atomic E-state index is 0.261. The van der Waals surface area contributed by atoms with Gasteiger partial charge in [-0.15, -0.1) is 4.91 Å². The number of aliphatic hydroxyl groups is 1. The summed E-state index contributed by atoms with van der Waals surface area (Å²) < 4.78 is 2.43. The molecule has 9 heteroatoms. The predicted molar refractivity (Wildman–Crippen MR) is 109 cm³/mol. The van der Waals surface area contributed by atoms with Crippen LogP contribution in [-0.2, 0) is 0 Å². The fourth-order valence-corrected chi connectivity index (χ4v) is 4.52. The summed E-state index contributed by atoms with van der Waals surface area (Å²) in [5.41, 5.74) is -1.77. The Hall–Kier alpha value is -2.71. The first-order chi connectivity index (χ1) is 14.0. The van der Waals surface area contributed by atoms with E-state index in [9.17, 15) is 24.4 Å². The van der Waals surface area contributed by atoms with Gasteiger partial charge in [0, 0.05) is 12.1 Å². The van der Waals surface area contributed by atoms with Crippen LogP contribution in [0.3, 0.4) is 0 Å². The second-order valence-electron chi connectivity index (χ2n) is 7.95. The molecule has 29 heavy (non-hydrogen) atoms. The number of carbonyl (C=O) groups excluding carboxylic acids is 1. The maximum Gasteiger partial charge on any atom is 0.333 e. The molecule has 0 atom stereocenters. The third kappa shape index (κ3) is 4.33. The second-order valence-corrected chi connectivity index (χ2v) is 7.95. The van der Waals surface area contributed by atoms with Crippen LogP contribution in [0.4, 0.5) is 5.82 Å². The highest BCUT2D eigenvalue weighted by Gasteiger charge is 2.32. The van der Waals surface area contributed by atoms with Gasteiger partial charge in [0.1, 0.15) is 5.76 Å². The number of nitrogens with zero attached hydrogens (tertiary/aromatic N) is 3. The summed E-state index contributed by atoms with van der Waals surface area (Å²) in [6.45, 7) is 3.04. The quantitative estimate of drug-likeness (QED) is 0.557. The molecule has 158 valence electrons. The zero-order valence-electron chi connectivity index (χ0n) is 16.6. The van der Waals surface area contributed by atoms with E-state index in [2.05, 4.69) is 17.1 Å². The van der Waals surface area contributed by atoms with Crippen molar-refractivity contribution in [3.05, 3.63) is 43.6 Å². The number of rotatable bonds is 6. The monoisotopic (exact) mass is 404 g/mol. The molecule has 2 N–H and O–H groups in total. The number of hydrogen-bond donors (Lipinski definition) is 2. The van der Waals surface area contributed by atoms with Gasteiger partial charge in [0.25, 0.3) is 11.5 Å². The molecule has 3 rings (SSSR count). The molecule has 1 amide bonds.